The summed E-state index contributed by atoms with van der Waals surface area (Å²) in [6.45, 7) is 1.58. The van der Waals surface area contributed by atoms with Gasteiger partial charge >= 0.3 is 6.09 Å². The van der Waals surface area contributed by atoms with Crippen molar-refractivity contribution in [3.8, 4) is 0 Å². The van der Waals surface area contributed by atoms with E-state index in [-0.39, 0.29) is 6.54 Å². The maximum Gasteiger partial charge on any atom is 0.404 e. The Balaban J connectivity index is 2.82. The molecule has 0 aliphatic heterocycles. The molecule has 1 amide bonds. The second-order valence-electron chi connectivity index (χ2n) is 1.09. The third-order valence-corrected chi connectivity index (χ3v) is 0.503. The van der Waals surface area contributed by atoms with Crippen molar-refractivity contribution in [3.05, 3.63) is 6.61 Å². The molecular formula is C4H8NO3. The highest BCUT2D eigenvalue weighted by molar-refractivity contribution is 5.64. The average Bonchev–Trinajstić information content (AvgIpc) is 1.66. The predicted molar refractivity (Wildman–Crippen MR) is 27.3 cm³/mol. The lowest BCUT2D eigenvalue weighted by atomic mass is 10.7. The first kappa shape index (κ1) is 7.23. The number of carbonyl (C=O) groups is 1. The molecule has 0 aliphatic rings. The van der Waals surface area contributed by atoms with E-state index >= 15 is 0 Å². The monoisotopic (exact) mass is 118 g/mol. The van der Waals surface area contributed by atoms with Gasteiger partial charge in [-0.15, -0.1) is 0 Å². The third kappa shape index (κ3) is 5.23. The van der Waals surface area contributed by atoms with E-state index in [4.69, 9.17) is 5.11 Å². The van der Waals surface area contributed by atoms with Crippen LogP contribution in [0.25, 0.3) is 0 Å². The van der Waals surface area contributed by atoms with Crippen molar-refractivity contribution >= 4 is 6.09 Å². The van der Waals surface area contributed by atoms with Gasteiger partial charge in [-0.25, -0.2) is 4.79 Å². The van der Waals surface area contributed by atoms with Gasteiger partial charge in [0.1, 0.15) is 6.61 Å². The minimum atomic E-state index is -1.04. The van der Waals surface area contributed by atoms with Crippen LogP contribution in [0.15, 0.2) is 0 Å². The number of rotatable bonds is 3. The maximum atomic E-state index is 9.69. The highest BCUT2D eigenvalue weighted by Crippen LogP contribution is 1.70. The molecule has 0 heterocycles. The van der Waals surface area contributed by atoms with Gasteiger partial charge in [0.05, 0.1) is 0 Å². The molecule has 0 saturated heterocycles. The van der Waals surface area contributed by atoms with E-state index in [1.807, 2.05) is 0 Å². The zero-order chi connectivity index (χ0) is 6.41. The van der Waals surface area contributed by atoms with Crippen molar-refractivity contribution in [2.45, 2.75) is 0 Å². The summed E-state index contributed by atoms with van der Waals surface area (Å²) in [4.78, 5) is 9.69. The van der Waals surface area contributed by atoms with E-state index in [9.17, 15) is 4.79 Å². The Morgan fingerprint density at radius 2 is 2.62 bits per heavy atom. The van der Waals surface area contributed by atoms with Crippen LogP contribution in [0.3, 0.4) is 0 Å². The number of carboxylic acid groups (broad SMARTS) is 1. The van der Waals surface area contributed by atoms with Crippen molar-refractivity contribution in [1.29, 1.82) is 0 Å². The van der Waals surface area contributed by atoms with Crippen LogP contribution in [0.1, 0.15) is 0 Å². The number of methoxy groups -OCH3 is 1. The number of nitrogens with one attached hydrogen (secondary N) is 1. The van der Waals surface area contributed by atoms with E-state index in [1.165, 1.54) is 13.7 Å². The van der Waals surface area contributed by atoms with Gasteiger partial charge in [0.25, 0.3) is 0 Å². The number of hydrogen-bond donors (Lipinski definition) is 2. The number of amides is 1. The summed E-state index contributed by atoms with van der Waals surface area (Å²) < 4.78 is 4.44. The third-order valence-electron chi connectivity index (χ3n) is 0.503. The van der Waals surface area contributed by atoms with E-state index < -0.39 is 6.09 Å². The fourth-order valence-corrected chi connectivity index (χ4v) is 0.212. The Hall–Kier alpha value is -0.770. The van der Waals surface area contributed by atoms with Gasteiger partial charge in [-0.2, -0.15) is 0 Å². The molecule has 8 heavy (non-hydrogen) atoms. The SMILES string of the molecule is CO[CH]CNC(=O)O. The molecule has 0 fully saturated rings. The summed E-state index contributed by atoms with van der Waals surface area (Å²) in [6, 6.07) is 0. The van der Waals surface area contributed by atoms with Gasteiger partial charge in [-0.3, -0.25) is 0 Å². The molecule has 4 heteroatoms. The summed E-state index contributed by atoms with van der Waals surface area (Å²) in [5.74, 6) is 0. The topological polar surface area (TPSA) is 58.6 Å². The standard InChI is InChI=1S/C4H8NO3/c1-8-3-2-5-4(6)7/h3,5H,2H2,1H3,(H,6,7). The van der Waals surface area contributed by atoms with Crippen LogP contribution >= 0.6 is 0 Å². The molecule has 0 aromatic carbocycles. The van der Waals surface area contributed by atoms with Crippen LogP contribution in [0.5, 0.6) is 0 Å². The van der Waals surface area contributed by atoms with Gasteiger partial charge in [-0.1, -0.05) is 0 Å². The van der Waals surface area contributed by atoms with Crippen LogP contribution in [0, 0.1) is 6.61 Å². The van der Waals surface area contributed by atoms with Gasteiger partial charge in [0.15, 0.2) is 0 Å². The Bertz CT molecular complexity index is 73.7. The quantitative estimate of drug-likeness (QED) is 0.515. The summed E-state index contributed by atoms with van der Waals surface area (Å²) in [5.41, 5.74) is 0. The summed E-state index contributed by atoms with van der Waals surface area (Å²) in [6.07, 6.45) is -1.04. The van der Waals surface area contributed by atoms with Gasteiger partial charge in [0.2, 0.25) is 0 Å². The number of hydrogen-bond acceptors (Lipinski definition) is 2. The molecular weight excluding hydrogens is 110 g/mol. The van der Waals surface area contributed by atoms with Gasteiger partial charge < -0.3 is 15.2 Å². The van der Waals surface area contributed by atoms with Crippen molar-refractivity contribution < 1.29 is 14.6 Å². The van der Waals surface area contributed by atoms with Crippen LogP contribution in [-0.4, -0.2) is 24.9 Å². The summed E-state index contributed by atoms with van der Waals surface area (Å²) in [5, 5.41) is 10.0. The molecule has 47 valence electrons. The first-order valence-corrected chi connectivity index (χ1v) is 2.08. The van der Waals surface area contributed by atoms with Gasteiger partial charge in [-0.05, 0) is 0 Å². The molecule has 0 atom stereocenters. The molecule has 4 nitrogen and oxygen atoms in total. The van der Waals surface area contributed by atoms with Crippen LogP contribution in [-0.2, 0) is 4.74 Å². The van der Waals surface area contributed by atoms with Crippen LogP contribution in [0.2, 0.25) is 0 Å². The maximum absolute atomic E-state index is 9.69. The van der Waals surface area contributed by atoms with Gasteiger partial charge in [0, 0.05) is 13.7 Å². The fourth-order valence-electron chi connectivity index (χ4n) is 0.212. The summed E-state index contributed by atoms with van der Waals surface area (Å²) in [7, 11) is 1.46. The molecule has 0 bridgehead atoms. The molecule has 0 saturated carbocycles. The molecule has 0 aliphatic carbocycles. The first-order chi connectivity index (χ1) is 3.77. The molecule has 0 aromatic rings. The Morgan fingerprint density at radius 3 is 3.00 bits per heavy atom. The molecule has 0 rings (SSSR count). The van der Waals surface area contributed by atoms with E-state index in [2.05, 4.69) is 10.1 Å². The fraction of sp³-hybridized carbons (Fsp3) is 0.500. The smallest absolute Gasteiger partial charge is 0.404 e. The average molecular weight is 118 g/mol. The van der Waals surface area contributed by atoms with Crippen molar-refractivity contribution in [2.24, 2.45) is 0 Å². The Kier molecular flexibility index (Phi) is 3.97. The molecule has 0 aromatic heterocycles. The summed E-state index contributed by atoms with van der Waals surface area (Å²) >= 11 is 0. The lowest BCUT2D eigenvalue weighted by Crippen LogP contribution is -2.22. The predicted octanol–water partition coefficient (Wildman–Crippen LogP) is 0.0622. The van der Waals surface area contributed by atoms with E-state index in [0.29, 0.717) is 0 Å². The van der Waals surface area contributed by atoms with Crippen molar-refractivity contribution in [1.82, 2.24) is 5.32 Å². The highest BCUT2D eigenvalue weighted by atomic mass is 16.5. The largest absolute Gasteiger partial charge is 0.465 e. The minimum absolute atomic E-state index is 0.228. The van der Waals surface area contributed by atoms with Crippen molar-refractivity contribution in [2.75, 3.05) is 13.7 Å². The Labute approximate surface area is 47.5 Å². The normalized spacial score (nSPS) is 8.62. The molecule has 0 spiro atoms. The van der Waals surface area contributed by atoms with E-state index in [1.54, 1.807) is 0 Å². The molecule has 0 unspecified atom stereocenters. The zero-order valence-corrected chi connectivity index (χ0v) is 4.55. The molecule has 1 radical (unpaired) electrons. The first-order valence-electron chi connectivity index (χ1n) is 2.08. The van der Waals surface area contributed by atoms with Crippen molar-refractivity contribution in [3.63, 3.8) is 0 Å². The second-order valence-corrected chi connectivity index (χ2v) is 1.09. The van der Waals surface area contributed by atoms with E-state index in [0.717, 1.165) is 0 Å². The van der Waals surface area contributed by atoms with Crippen LogP contribution in [0.4, 0.5) is 4.79 Å². The highest BCUT2D eigenvalue weighted by Gasteiger charge is 1.89. The zero-order valence-electron chi connectivity index (χ0n) is 4.55. The second kappa shape index (κ2) is 4.39. The Morgan fingerprint density at radius 1 is 2.00 bits per heavy atom. The van der Waals surface area contributed by atoms with Crippen LogP contribution < -0.4 is 5.32 Å². The lowest BCUT2D eigenvalue weighted by molar-refractivity contribution is 0.191. The number of ether oxygens (including phenoxy) is 1. The minimum Gasteiger partial charge on any atom is -0.465 e. The molecule has 2 N–H and O–H groups in total. The lowest BCUT2D eigenvalue weighted by Gasteiger charge is -1.95.